The molecule has 0 saturated carbocycles. The maximum atomic E-state index is 5.65. The van der Waals surface area contributed by atoms with Crippen molar-refractivity contribution in [1.82, 2.24) is 10.6 Å². The van der Waals surface area contributed by atoms with Crippen molar-refractivity contribution in [1.29, 1.82) is 0 Å². The van der Waals surface area contributed by atoms with E-state index in [1.54, 1.807) is 7.11 Å². The molecular formula is C17H30IN3O2. The molecule has 0 spiro atoms. The lowest BCUT2D eigenvalue weighted by molar-refractivity contribution is 0.195. The molecule has 0 aliphatic heterocycles. The molecule has 0 bridgehead atoms. The Bertz CT molecular complexity index is 442. The van der Waals surface area contributed by atoms with Crippen LogP contribution in [0.15, 0.2) is 29.3 Å². The van der Waals surface area contributed by atoms with Crippen LogP contribution in [-0.2, 0) is 11.3 Å². The second-order valence-corrected chi connectivity index (χ2v) is 4.96. The molecule has 0 aromatic heterocycles. The summed E-state index contributed by atoms with van der Waals surface area (Å²) in [4.78, 5) is 4.60. The number of methoxy groups -OCH3 is 1. The lowest BCUT2D eigenvalue weighted by Crippen LogP contribution is -2.38. The van der Waals surface area contributed by atoms with Crippen molar-refractivity contribution in [3.63, 3.8) is 0 Å². The monoisotopic (exact) mass is 435 g/mol. The number of benzene rings is 1. The predicted molar refractivity (Wildman–Crippen MR) is 107 cm³/mol. The Kier molecular flexibility index (Phi) is 13.9. The summed E-state index contributed by atoms with van der Waals surface area (Å²) in [5.74, 6) is 1.74. The molecule has 0 radical (unpaired) electrons. The van der Waals surface area contributed by atoms with E-state index in [1.165, 1.54) is 0 Å². The minimum absolute atomic E-state index is 0. The lowest BCUT2D eigenvalue weighted by Gasteiger charge is -2.11. The van der Waals surface area contributed by atoms with Crippen LogP contribution >= 0.6 is 24.0 Å². The standard InChI is InChI=1S/C17H29N3O2.HI/c1-4-11-22-16-9-6-8-15(13-16)14-20-17(18-5-2)19-10-7-12-21-3;/h6,8-9,13H,4-5,7,10-12,14H2,1-3H3,(H2,18,19,20);1H. The van der Waals surface area contributed by atoms with Gasteiger partial charge in [0.1, 0.15) is 5.75 Å². The Morgan fingerprint density at radius 3 is 2.70 bits per heavy atom. The summed E-state index contributed by atoms with van der Waals surface area (Å²) in [6.45, 7) is 7.98. The molecule has 1 aromatic carbocycles. The molecule has 2 N–H and O–H groups in total. The smallest absolute Gasteiger partial charge is 0.191 e. The molecule has 23 heavy (non-hydrogen) atoms. The third-order valence-corrected chi connectivity index (χ3v) is 2.95. The van der Waals surface area contributed by atoms with E-state index in [9.17, 15) is 0 Å². The van der Waals surface area contributed by atoms with Crippen molar-refractivity contribution in [2.45, 2.75) is 33.2 Å². The van der Waals surface area contributed by atoms with E-state index in [-0.39, 0.29) is 24.0 Å². The first-order valence-corrected chi connectivity index (χ1v) is 8.03. The normalized spacial score (nSPS) is 10.8. The third-order valence-electron chi connectivity index (χ3n) is 2.95. The largest absolute Gasteiger partial charge is 0.494 e. The van der Waals surface area contributed by atoms with E-state index in [1.807, 2.05) is 18.2 Å². The number of hydrogen-bond acceptors (Lipinski definition) is 3. The van der Waals surface area contributed by atoms with Crippen molar-refractivity contribution in [2.75, 3.05) is 33.4 Å². The summed E-state index contributed by atoms with van der Waals surface area (Å²) in [5, 5.41) is 6.55. The van der Waals surface area contributed by atoms with Gasteiger partial charge in [-0.3, -0.25) is 0 Å². The molecule has 0 unspecified atom stereocenters. The van der Waals surface area contributed by atoms with Gasteiger partial charge in [-0.15, -0.1) is 24.0 Å². The number of rotatable bonds is 10. The maximum absolute atomic E-state index is 5.65. The number of halogens is 1. The van der Waals surface area contributed by atoms with Gasteiger partial charge >= 0.3 is 0 Å². The van der Waals surface area contributed by atoms with Gasteiger partial charge < -0.3 is 20.1 Å². The SMILES string of the molecule is CCCOc1cccc(CN=C(NCC)NCCCOC)c1.I. The molecule has 5 nitrogen and oxygen atoms in total. The summed E-state index contributed by atoms with van der Waals surface area (Å²) in [6.07, 6.45) is 1.97. The highest BCUT2D eigenvalue weighted by molar-refractivity contribution is 14.0. The molecule has 132 valence electrons. The predicted octanol–water partition coefficient (Wildman–Crippen LogP) is 3.19. The summed E-state index contributed by atoms with van der Waals surface area (Å²) in [5.41, 5.74) is 1.14. The van der Waals surface area contributed by atoms with Gasteiger partial charge in [-0.25, -0.2) is 4.99 Å². The van der Waals surface area contributed by atoms with Crippen LogP contribution < -0.4 is 15.4 Å². The van der Waals surface area contributed by atoms with Crippen LogP contribution in [0.4, 0.5) is 0 Å². The Morgan fingerprint density at radius 2 is 2.00 bits per heavy atom. The van der Waals surface area contributed by atoms with Crippen LogP contribution in [0, 0.1) is 0 Å². The second-order valence-electron chi connectivity index (χ2n) is 4.96. The maximum Gasteiger partial charge on any atom is 0.191 e. The van der Waals surface area contributed by atoms with Crippen LogP contribution in [0.5, 0.6) is 5.75 Å². The first-order chi connectivity index (χ1) is 10.8. The van der Waals surface area contributed by atoms with Crippen LogP contribution in [0.1, 0.15) is 32.3 Å². The summed E-state index contributed by atoms with van der Waals surface area (Å²) in [6, 6.07) is 8.11. The lowest BCUT2D eigenvalue weighted by atomic mass is 10.2. The van der Waals surface area contributed by atoms with Gasteiger partial charge in [-0.1, -0.05) is 19.1 Å². The Balaban J connectivity index is 0.00000484. The molecule has 0 aliphatic rings. The van der Waals surface area contributed by atoms with Crippen molar-refractivity contribution >= 4 is 29.9 Å². The van der Waals surface area contributed by atoms with Crippen molar-refractivity contribution in [2.24, 2.45) is 4.99 Å². The van der Waals surface area contributed by atoms with Gasteiger partial charge in [0, 0.05) is 26.8 Å². The van der Waals surface area contributed by atoms with Gasteiger partial charge in [-0.2, -0.15) is 0 Å². The fourth-order valence-electron chi connectivity index (χ4n) is 1.89. The molecule has 0 atom stereocenters. The molecule has 1 aromatic rings. The van der Waals surface area contributed by atoms with E-state index >= 15 is 0 Å². The van der Waals surface area contributed by atoms with Gasteiger partial charge in [0.15, 0.2) is 5.96 Å². The average Bonchev–Trinajstić information content (AvgIpc) is 2.55. The van der Waals surface area contributed by atoms with Crippen molar-refractivity contribution in [3.05, 3.63) is 29.8 Å². The minimum Gasteiger partial charge on any atom is -0.494 e. The highest BCUT2D eigenvalue weighted by Gasteiger charge is 1.99. The summed E-state index contributed by atoms with van der Waals surface area (Å²) >= 11 is 0. The molecule has 0 aliphatic carbocycles. The van der Waals surface area contributed by atoms with Crippen LogP contribution in [0.2, 0.25) is 0 Å². The summed E-state index contributed by atoms with van der Waals surface area (Å²) in [7, 11) is 1.72. The number of ether oxygens (including phenoxy) is 2. The zero-order valence-electron chi connectivity index (χ0n) is 14.4. The number of nitrogens with zero attached hydrogens (tertiary/aromatic N) is 1. The Hall–Kier alpha value is -1.02. The van der Waals surface area contributed by atoms with Gasteiger partial charge in [-0.05, 0) is 37.5 Å². The molecular weight excluding hydrogens is 405 g/mol. The second kappa shape index (κ2) is 14.6. The first kappa shape index (κ1) is 22.0. The zero-order chi connectivity index (χ0) is 16.0. The first-order valence-electron chi connectivity index (χ1n) is 8.03. The summed E-state index contributed by atoms with van der Waals surface area (Å²) < 4.78 is 10.7. The van der Waals surface area contributed by atoms with E-state index < -0.39 is 0 Å². The van der Waals surface area contributed by atoms with Gasteiger partial charge in [0.05, 0.1) is 13.2 Å². The average molecular weight is 435 g/mol. The Morgan fingerprint density at radius 1 is 1.17 bits per heavy atom. The molecule has 0 heterocycles. The number of nitrogens with one attached hydrogen (secondary N) is 2. The highest BCUT2D eigenvalue weighted by atomic mass is 127. The molecule has 0 saturated heterocycles. The van der Waals surface area contributed by atoms with Gasteiger partial charge in [0.2, 0.25) is 0 Å². The Labute approximate surface area is 157 Å². The van der Waals surface area contributed by atoms with Gasteiger partial charge in [0.25, 0.3) is 0 Å². The van der Waals surface area contributed by atoms with Crippen LogP contribution in [0.3, 0.4) is 0 Å². The quantitative estimate of drug-likeness (QED) is 0.257. The van der Waals surface area contributed by atoms with Crippen LogP contribution in [-0.4, -0.2) is 39.4 Å². The fourth-order valence-corrected chi connectivity index (χ4v) is 1.89. The minimum atomic E-state index is 0. The molecule has 0 fully saturated rings. The van der Waals surface area contributed by atoms with E-state index in [0.29, 0.717) is 6.54 Å². The van der Waals surface area contributed by atoms with E-state index in [0.717, 1.165) is 56.4 Å². The topological polar surface area (TPSA) is 54.9 Å². The molecule has 0 amide bonds. The highest BCUT2D eigenvalue weighted by Crippen LogP contribution is 2.14. The van der Waals surface area contributed by atoms with E-state index in [4.69, 9.17) is 9.47 Å². The van der Waals surface area contributed by atoms with E-state index in [2.05, 4.69) is 35.5 Å². The zero-order valence-corrected chi connectivity index (χ0v) is 16.8. The molecule has 6 heteroatoms. The third kappa shape index (κ3) is 10.4. The van der Waals surface area contributed by atoms with Crippen molar-refractivity contribution < 1.29 is 9.47 Å². The van der Waals surface area contributed by atoms with Crippen molar-refractivity contribution in [3.8, 4) is 5.75 Å². The fraction of sp³-hybridized carbons (Fsp3) is 0.588. The number of aliphatic imine (C=N–C) groups is 1. The van der Waals surface area contributed by atoms with Crippen LogP contribution in [0.25, 0.3) is 0 Å². The number of hydrogen-bond donors (Lipinski definition) is 2. The molecule has 1 rings (SSSR count). The number of guanidine groups is 1.